The first-order valence-electron chi connectivity index (χ1n) is 6.99. The molecular weight excluding hydrogens is 242 g/mol. The number of nitrogens with zero attached hydrogens (tertiary/aromatic N) is 2. The molecule has 4 heteroatoms. The van der Waals surface area contributed by atoms with Crippen molar-refractivity contribution in [2.24, 2.45) is 11.1 Å². The Kier molecular flexibility index (Phi) is 4.28. The standard InChI is InChI=1S/C14H25N3S/c1-4-11-12(10-15)18-13(16-11)17-8-5-6-14(2,3)7-9-17/h4-10,15H2,1-3H3. The highest BCUT2D eigenvalue weighted by Gasteiger charge is 2.24. The molecule has 0 unspecified atom stereocenters. The molecule has 3 nitrogen and oxygen atoms in total. The van der Waals surface area contributed by atoms with E-state index in [-0.39, 0.29) is 0 Å². The highest BCUT2D eigenvalue weighted by Crippen LogP contribution is 2.33. The highest BCUT2D eigenvalue weighted by molar-refractivity contribution is 7.15. The van der Waals surface area contributed by atoms with Crippen LogP contribution < -0.4 is 10.6 Å². The predicted octanol–water partition coefficient (Wildman–Crippen LogP) is 3.18. The minimum Gasteiger partial charge on any atom is -0.348 e. The first-order chi connectivity index (χ1) is 8.55. The molecule has 2 rings (SSSR count). The van der Waals surface area contributed by atoms with Gasteiger partial charge in [0.15, 0.2) is 5.13 Å². The summed E-state index contributed by atoms with van der Waals surface area (Å²) in [5.41, 5.74) is 7.47. The first kappa shape index (κ1) is 13.8. The van der Waals surface area contributed by atoms with E-state index in [2.05, 4.69) is 25.7 Å². The fourth-order valence-electron chi connectivity index (χ4n) is 2.55. The normalized spacial score (nSPS) is 19.9. The molecule has 0 radical (unpaired) electrons. The summed E-state index contributed by atoms with van der Waals surface area (Å²) in [6.07, 6.45) is 4.83. The van der Waals surface area contributed by atoms with Crippen LogP contribution in [0.5, 0.6) is 0 Å². The fourth-order valence-corrected chi connectivity index (χ4v) is 3.63. The molecule has 0 aromatic carbocycles. The van der Waals surface area contributed by atoms with Crippen LogP contribution in [0.2, 0.25) is 0 Å². The van der Waals surface area contributed by atoms with Gasteiger partial charge in [0, 0.05) is 24.5 Å². The Hall–Kier alpha value is -0.610. The second-order valence-corrected chi connectivity index (χ2v) is 6.99. The van der Waals surface area contributed by atoms with Crippen molar-refractivity contribution in [3.63, 3.8) is 0 Å². The zero-order chi connectivity index (χ0) is 13.2. The molecule has 1 aromatic rings. The van der Waals surface area contributed by atoms with Crippen LogP contribution >= 0.6 is 11.3 Å². The molecule has 1 aliphatic rings. The van der Waals surface area contributed by atoms with E-state index in [1.54, 1.807) is 11.3 Å². The van der Waals surface area contributed by atoms with E-state index < -0.39 is 0 Å². The van der Waals surface area contributed by atoms with Crippen molar-refractivity contribution in [1.82, 2.24) is 4.98 Å². The van der Waals surface area contributed by atoms with E-state index in [9.17, 15) is 0 Å². The van der Waals surface area contributed by atoms with Gasteiger partial charge in [-0.3, -0.25) is 0 Å². The van der Waals surface area contributed by atoms with Gasteiger partial charge < -0.3 is 10.6 Å². The van der Waals surface area contributed by atoms with Crippen LogP contribution in [0.4, 0.5) is 5.13 Å². The van der Waals surface area contributed by atoms with Gasteiger partial charge in [0.2, 0.25) is 0 Å². The van der Waals surface area contributed by atoms with E-state index in [1.807, 2.05) is 0 Å². The Balaban J connectivity index is 2.13. The van der Waals surface area contributed by atoms with Crippen LogP contribution in [-0.4, -0.2) is 18.1 Å². The van der Waals surface area contributed by atoms with Crippen LogP contribution in [0.25, 0.3) is 0 Å². The van der Waals surface area contributed by atoms with Gasteiger partial charge in [-0.05, 0) is 31.1 Å². The molecule has 0 atom stereocenters. The van der Waals surface area contributed by atoms with Crippen molar-refractivity contribution in [3.8, 4) is 0 Å². The number of rotatable bonds is 3. The summed E-state index contributed by atoms with van der Waals surface area (Å²) in [5.74, 6) is 0. The van der Waals surface area contributed by atoms with E-state index in [0.717, 1.165) is 19.5 Å². The molecule has 1 fully saturated rings. The van der Waals surface area contributed by atoms with E-state index in [4.69, 9.17) is 10.7 Å². The molecule has 0 aliphatic carbocycles. The molecule has 1 saturated heterocycles. The summed E-state index contributed by atoms with van der Waals surface area (Å²) in [7, 11) is 0. The predicted molar refractivity (Wildman–Crippen MR) is 79.2 cm³/mol. The monoisotopic (exact) mass is 267 g/mol. The van der Waals surface area contributed by atoms with Gasteiger partial charge in [-0.15, -0.1) is 11.3 Å². The van der Waals surface area contributed by atoms with Crippen LogP contribution in [0.15, 0.2) is 0 Å². The number of thiazole rings is 1. The summed E-state index contributed by atoms with van der Waals surface area (Å²) < 4.78 is 0. The third-order valence-electron chi connectivity index (χ3n) is 3.90. The Labute approximate surface area is 114 Å². The summed E-state index contributed by atoms with van der Waals surface area (Å²) in [6.45, 7) is 9.81. The summed E-state index contributed by atoms with van der Waals surface area (Å²) in [6, 6.07) is 0. The molecular formula is C14H25N3S. The van der Waals surface area contributed by atoms with Gasteiger partial charge in [-0.1, -0.05) is 20.8 Å². The van der Waals surface area contributed by atoms with Crippen LogP contribution in [0.1, 0.15) is 50.6 Å². The molecule has 1 aliphatic heterocycles. The Morgan fingerprint density at radius 1 is 1.33 bits per heavy atom. The average molecular weight is 267 g/mol. The lowest BCUT2D eigenvalue weighted by Crippen LogP contribution is -2.24. The van der Waals surface area contributed by atoms with E-state index in [1.165, 1.54) is 35.0 Å². The van der Waals surface area contributed by atoms with Crippen molar-refractivity contribution >= 4 is 16.5 Å². The summed E-state index contributed by atoms with van der Waals surface area (Å²) >= 11 is 1.79. The van der Waals surface area contributed by atoms with Crippen molar-refractivity contribution in [1.29, 1.82) is 0 Å². The third-order valence-corrected chi connectivity index (χ3v) is 5.08. The van der Waals surface area contributed by atoms with Crippen molar-refractivity contribution in [2.75, 3.05) is 18.0 Å². The zero-order valence-corrected chi connectivity index (χ0v) is 12.6. The lowest BCUT2D eigenvalue weighted by atomic mass is 9.85. The molecule has 2 N–H and O–H groups in total. The van der Waals surface area contributed by atoms with E-state index >= 15 is 0 Å². The number of aryl methyl sites for hydroxylation is 1. The lowest BCUT2D eigenvalue weighted by Gasteiger charge is -2.22. The van der Waals surface area contributed by atoms with Gasteiger partial charge in [-0.2, -0.15) is 0 Å². The molecule has 102 valence electrons. The largest absolute Gasteiger partial charge is 0.348 e. The SMILES string of the molecule is CCc1nc(N2CCCC(C)(C)CC2)sc1CN. The quantitative estimate of drug-likeness (QED) is 0.914. The molecule has 0 amide bonds. The second-order valence-electron chi connectivity index (χ2n) is 5.93. The topological polar surface area (TPSA) is 42.2 Å². The van der Waals surface area contributed by atoms with Gasteiger partial charge in [0.1, 0.15) is 0 Å². The Morgan fingerprint density at radius 2 is 2.11 bits per heavy atom. The number of aromatic nitrogens is 1. The Morgan fingerprint density at radius 3 is 2.72 bits per heavy atom. The second kappa shape index (κ2) is 5.57. The average Bonchev–Trinajstić information content (AvgIpc) is 2.67. The minimum atomic E-state index is 0.482. The maximum atomic E-state index is 5.79. The van der Waals surface area contributed by atoms with Crippen LogP contribution in [0, 0.1) is 5.41 Å². The van der Waals surface area contributed by atoms with Crippen LogP contribution in [-0.2, 0) is 13.0 Å². The Bertz CT molecular complexity index is 376. The maximum absolute atomic E-state index is 5.79. The molecule has 0 bridgehead atoms. The van der Waals surface area contributed by atoms with Gasteiger partial charge >= 0.3 is 0 Å². The van der Waals surface area contributed by atoms with Gasteiger partial charge in [-0.25, -0.2) is 4.98 Å². The summed E-state index contributed by atoms with van der Waals surface area (Å²) in [5, 5.41) is 1.19. The molecule has 1 aromatic heterocycles. The number of nitrogens with two attached hydrogens (primary N) is 1. The zero-order valence-electron chi connectivity index (χ0n) is 11.8. The molecule has 0 saturated carbocycles. The van der Waals surface area contributed by atoms with Gasteiger partial charge in [0.25, 0.3) is 0 Å². The smallest absolute Gasteiger partial charge is 0.185 e. The third kappa shape index (κ3) is 3.04. The first-order valence-corrected chi connectivity index (χ1v) is 7.81. The van der Waals surface area contributed by atoms with Crippen LogP contribution in [0.3, 0.4) is 0 Å². The fraction of sp³-hybridized carbons (Fsp3) is 0.786. The summed E-state index contributed by atoms with van der Waals surface area (Å²) in [4.78, 5) is 8.49. The molecule has 18 heavy (non-hydrogen) atoms. The molecule has 2 heterocycles. The van der Waals surface area contributed by atoms with E-state index in [0.29, 0.717) is 12.0 Å². The van der Waals surface area contributed by atoms with Gasteiger partial charge in [0.05, 0.1) is 5.69 Å². The number of hydrogen-bond acceptors (Lipinski definition) is 4. The lowest BCUT2D eigenvalue weighted by molar-refractivity contribution is 0.325. The minimum absolute atomic E-state index is 0.482. The van der Waals surface area contributed by atoms with Crippen molar-refractivity contribution in [3.05, 3.63) is 10.6 Å². The molecule has 0 spiro atoms. The highest BCUT2D eigenvalue weighted by atomic mass is 32.1. The number of hydrogen-bond donors (Lipinski definition) is 1. The number of anilines is 1. The maximum Gasteiger partial charge on any atom is 0.185 e. The van der Waals surface area contributed by atoms with Crippen molar-refractivity contribution in [2.45, 2.75) is 53.0 Å². The van der Waals surface area contributed by atoms with Crippen molar-refractivity contribution < 1.29 is 0 Å².